The average molecular weight is 292 g/mol. The Kier molecular flexibility index (Phi) is 5.13. The Labute approximate surface area is 124 Å². The van der Waals surface area contributed by atoms with Crippen molar-refractivity contribution in [1.82, 2.24) is 0 Å². The van der Waals surface area contributed by atoms with Crippen LogP contribution in [0.5, 0.6) is 11.5 Å². The maximum atomic E-state index is 6.10. The highest BCUT2D eigenvalue weighted by molar-refractivity contribution is 6.31. The summed E-state index contributed by atoms with van der Waals surface area (Å²) in [4.78, 5) is 0. The van der Waals surface area contributed by atoms with Crippen molar-refractivity contribution in [2.24, 2.45) is 0 Å². The molecule has 0 aliphatic rings. The summed E-state index contributed by atoms with van der Waals surface area (Å²) in [6.07, 6.45) is 0.990. The third kappa shape index (κ3) is 3.81. The van der Waals surface area contributed by atoms with Gasteiger partial charge >= 0.3 is 0 Å². The minimum absolute atomic E-state index is 0.348. The Morgan fingerprint density at radius 2 is 1.65 bits per heavy atom. The van der Waals surface area contributed by atoms with Gasteiger partial charge in [0, 0.05) is 16.3 Å². The molecule has 0 fully saturated rings. The van der Waals surface area contributed by atoms with E-state index in [1.165, 1.54) is 0 Å². The number of nitrogen functional groups attached to an aromatic ring is 1. The fraction of sp³-hybridized carbons (Fsp3) is 0.250. The minimum atomic E-state index is 0.348. The Morgan fingerprint density at radius 3 is 2.25 bits per heavy atom. The lowest BCUT2D eigenvalue weighted by atomic mass is 10.2. The van der Waals surface area contributed by atoms with Gasteiger partial charge in [0.2, 0.25) is 0 Å². The lowest BCUT2D eigenvalue weighted by molar-refractivity contribution is 0.302. The van der Waals surface area contributed by atoms with Crippen molar-refractivity contribution in [2.75, 3.05) is 12.3 Å². The zero-order valence-corrected chi connectivity index (χ0v) is 12.2. The molecule has 106 valence electrons. The highest BCUT2D eigenvalue weighted by Crippen LogP contribution is 2.24. The molecular formula is C16H18ClNO2. The van der Waals surface area contributed by atoms with Crippen LogP contribution in [0.3, 0.4) is 0 Å². The van der Waals surface area contributed by atoms with Crippen molar-refractivity contribution >= 4 is 17.3 Å². The third-order valence-corrected chi connectivity index (χ3v) is 3.19. The largest absolute Gasteiger partial charge is 0.494 e. The predicted molar refractivity (Wildman–Crippen MR) is 82.4 cm³/mol. The summed E-state index contributed by atoms with van der Waals surface area (Å²) in [7, 11) is 0. The number of hydrogen-bond donors (Lipinski definition) is 1. The van der Waals surface area contributed by atoms with Gasteiger partial charge in [-0.05, 0) is 42.8 Å². The molecule has 0 atom stereocenters. The topological polar surface area (TPSA) is 44.5 Å². The van der Waals surface area contributed by atoms with E-state index in [4.69, 9.17) is 26.8 Å². The lowest BCUT2D eigenvalue weighted by Gasteiger charge is -2.11. The average Bonchev–Trinajstić information content (AvgIpc) is 2.46. The van der Waals surface area contributed by atoms with Gasteiger partial charge in [-0.15, -0.1) is 0 Å². The van der Waals surface area contributed by atoms with Gasteiger partial charge in [-0.2, -0.15) is 0 Å². The van der Waals surface area contributed by atoms with E-state index in [1.807, 2.05) is 36.4 Å². The molecule has 0 aliphatic heterocycles. The first-order chi connectivity index (χ1) is 9.70. The first-order valence-corrected chi connectivity index (χ1v) is 6.97. The summed E-state index contributed by atoms with van der Waals surface area (Å²) in [6, 6.07) is 13.0. The Hall–Kier alpha value is -1.87. The number of ether oxygens (including phenoxy) is 2. The van der Waals surface area contributed by atoms with Gasteiger partial charge in [0.25, 0.3) is 0 Å². The van der Waals surface area contributed by atoms with Crippen LogP contribution in [0.1, 0.15) is 18.9 Å². The number of anilines is 1. The quantitative estimate of drug-likeness (QED) is 0.808. The SMILES string of the molecule is CCCOc1ccc(OCc2c(N)cccc2Cl)cc1. The van der Waals surface area contributed by atoms with Crippen molar-refractivity contribution in [1.29, 1.82) is 0 Å². The van der Waals surface area contributed by atoms with Crippen LogP contribution < -0.4 is 15.2 Å². The number of nitrogens with two attached hydrogens (primary N) is 1. The monoisotopic (exact) mass is 291 g/mol. The van der Waals surface area contributed by atoms with Crippen LogP contribution >= 0.6 is 11.6 Å². The van der Waals surface area contributed by atoms with Crippen molar-refractivity contribution in [3.63, 3.8) is 0 Å². The molecule has 0 radical (unpaired) electrons. The molecule has 0 heterocycles. The molecule has 0 spiro atoms. The van der Waals surface area contributed by atoms with E-state index < -0.39 is 0 Å². The van der Waals surface area contributed by atoms with E-state index in [2.05, 4.69) is 6.92 Å². The molecule has 0 aromatic heterocycles. The van der Waals surface area contributed by atoms with Crippen LogP contribution in [-0.4, -0.2) is 6.61 Å². The van der Waals surface area contributed by atoms with Crippen LogP contribution in [0.4, 0.5) is 5.69 Å². The summed E-state index contributed by atoms with van der Waals surface area (Å²) in [5.74, 6) is 1.60. The van der Waals surface area contributed by atoms with Crippen molar-refractivity contribution in [3.8, 4) is 11.5 Å². The molecule has 2 aromatic rings. The summed E-state index contributed by atoms with van der Waals surface area (Å²) in [5.41, 5.74) is 7.33. The molecule has 0 aliphatic carbocycles. The summed E-state index contributed by atoms with van der Waals surface area (Å²) in [5, 5.41) is 0.618. The van der Waals surface area contributed by atoms with Crippen LogP contribution in [0.25, 0.3) is 0 Å². The lowest BCUT2D eigenvalue weighted by Crippen LogP contribution is -2.01. The molecule has 0 bridgehead atoms. The van der Waals surface area contributed by atoms with Gasteiger partial charge in [-0.1, -0.05) is 24.6 Å². The zero-order chi connectivity index (χ0) is 14.4. The van der Waals surface area contributed by atoms with E-state index in [9.17, 15) is 0 Å². The van der Waals surface area contributed by atoms with E-state index in [0.717, 1.165) is 30.1 Å². The van der Waals surface area contributed by atoms with Gasteiger partial charge < -0.3 is 15.2 Å². The predicted octanol–water partition coefficient (Wildman–Crippen LogP) is 4.29. The second kappa shape index (κ2) is 7.06. The Balaban J connectivity index is 1.97. The van der Waals surface area contributed by atoms with E-state index in [-0.39, 0.29) is 0 Å². The Bertz CT molecular complexity index is 535. The van der Waals surface area contributed by atoms with Crippen molar-refractivity contribution in [3.05, 3.63) is 53.1 Å². The molecule has 0 amide bonds. The van der Waals surface area contributed by atoms with Gasteiger partial charge in [-0.3, -0.25) is 0 Å². The van der Waals surface area contributed by atoms with Gasteiger partial charge in [-0.25, -0.2) is 0 Å². The minimum Gasteiger partial charge on any atom is -0.494 e. The molecule has 0 saturated carbocycles. The molecule has 4 heteroatoms. The number of hydrogen-bond acceptors (Lipinski definition) is 3. The molecule has 0 saturated heterocycles. The van der Waals surface area contributed by atoms with Crippen molar-refractivity contribution < 1.29 is 9.47 Å². The molecule has 2 N–H and O–H groups in total. The third-order valence-electron chi connectivity index (χ3n) is 2.83. The number of benzene rings is 2. The van der Waals surface area contributed by atoms with Crippen LogP contribution in [0.2, 0.25) is 5.02 Å². The molecule has 20 heavy (non-hydrogen) atoms. The summed E-state index contributed by atoms with van der Waals surface area (Å²) < 4.78 is 11.2. The van der Waals surface area contributed by atoms with Crippen LogP contribution in [0, 0.1) is 0 Å². The first kappa shape index (κ1) is 14.5. The van der Waals surface area contributed by atoms with Gasteiger partial charge in [0.05, 0.1) is 6.61 Å². The fourth-order valence-electron chi connectivity index (χ4n) is 1.74. The van der Waals surface area contributed by atoms with Gasteiger partial charge in [0.15, 0.2) is 0 Å². The summed E-state index contributed by atoms with van der Waals surface area (Å²) in [6.45, 7) is 3.14. The van der Waals surface area contributed by atoms with E-state index in [1.54, 1.807) is 6.07 Å². The van der Waals surface area contributed by atoms with Crippen molar-refractivity contribution in [2.45, 2.75) is 20.0 Å². The zero-order valence-electron chi connectivity index (χ0n) is 11.4. The highest BCUT2D eigenvalue weighted by Gasteiger charge is 2.05. The van der Waals surface area contributed by atoms with Crippen LogP contribution in [-0.2, 0) is 6.61 Å². The van der Waals surface area contributed by atoms with E-state index >= 15 is 0 Å². The Morgan fingerprint density at radius 1 is 1.00 bits per heavy atom. The highest BCUT2D eigenvalue weighted by atomic mass is 35.5. The second-order valence-electron chi connectivity index (χ2n) is 4.42. The first-order valence-electron chi connectivity index (χ1n) is 6.59. The van der Waals surface area contributed by atoms with Gasteiger partial charge in [0.1, 0.15) is 18.1 Å². The van der Waals surface area contributed by atoms with Crippen LogP contribution in [0.15, 0.2) is 42.5 Å². The maximum absolute atomic E-state index is 6.10. The number of rotatable bonds is 6. The molecule has 0 unspecified atom stereocenters. The fourth-order valence-corrected chi connectivity index (χ4v) is 1.97. The molecule has 2 rings (SSSR count). The normalized spacial score (nSPS) is 10.3. The van der Waals surface area contributed by atoms with E-state index in [0.29, 0.717) is 17.3 Å². The summed E-state index contributed by atoms with van der Waals surface area (Å²) >= 11 is 6.10. The second-order valence-corrected chi connectivity index (χ2v) is 4.82. The number of halogens is 1. The molecular weight excluding hydrogens is 274 g/mol. The standard InChI is InChI=1S/C16H18ClNO2/c1-2-10-19-12-6-8-13(9-7-12)20-11-14-15(17)4-3-5-16(14)18/h3-9H,2,10-11,18H2,1H3. The molecule has 2 aromatic carbocycles. The molecule has 3 nitrogen and oxygen atoms in total. The maximum Gasteiger partial charge on any atom is 0.120 e. The smallest absolute Gasteiger partial charge is 0.120 e.